The monoisotopic (exact) mass is 296 g/mol. The van der Waals surface area contributed by atoms with Gasteiger partial charge in [-0.15, -0.1) is 11.6 Å². The summed E-state index contributed by atoms with van der Waals surface area (Å²) in [6.45, 7) is 2.27. The zero-order chi connectivity index (χ0) is 14.5. The third-order valence-corrected chi connectivity index (χ3v) is 3.14. The second-order valence-electron chi connectivity index (χ2n) is 4.19. The summed E-state index contributed by atoms with van der Waals surface area (Å²) in [7, 11) is 1.60. The predicted octanol–water partition coefficient (Wildman–Crippen LogP) is 2.39. The number of hydrogen-bond donors (Lipinski definition) is 0. The Morgan fingerprint density at radius 3 is 2.90 bits per heavy atom. The second kappa shape index (κ2) is 6.61. The number of methoxy groups -OCH3 is 1. The normalized spacial score (nSPS) is 10.8. The fourth-order valence-corrected chi connectivity index (χ4v) is 2.29. The van der Waals surface area contributed by atoms with Crippen LogP contribution in [0.4, 0.5) is 0 Å². The van der Waals surface area contributed by atoms with E-state index in [-0.39, 0.29) is 12.5 Å². The minimum Gasteiger partial charge on any atom is -0.494 e. The van der Waals surface area contributed by atoms with E-state index in [0.717, 1.165) is 16.9 Å². The highest BCUT2D eigenvalue weighted by molar-refractivity contribution is 6.17. The molecule has 0 fully saturated rings. The molecule has 0 unspecified atom stereocenters. The molecule has 0 aliphatic heterocycles. The molecular weight excluding hydrogens is 280 g/mol. The van der Waals surface area contributed by atoms with Gasteiger partial charge in [0.25, 0.3) is 0 Å². The molecule has 0 saturated heterocycles. The Hall–Kier alpha value is -1.75. The number of aromatic nitrogens is 2. The van der Waals surface area contributed by atoms with E-state index in [0.29, 0.717) is 24.7 Å². The molecule has 6 heteroatoms. The van der Waals surface area contributed by atoms with Crippen LogP contribution in [-0.2, 0) is 22.5 Å². The summed E-state index contributed by atoms with van der Waals surface area (Å²) in [5.41, 5.74) is 1.58. The molecule has 5 nitrogen and oxygen atoms in total. The number of esters is 1. The van der Waals surface area contributed by atoms with Crippen molar-refractivity contribution in [1.82, 2.24) is 9.55 Å². The predicted molar refractivity (Wildman–Crippen MR) is 77.3 cm³/mol. The Kier molecular flexibility index (Phi) is 4.84. The first kappa shape index (κ1) is 14.7. The number of fused-ring (bicyclic) bond motifs is 1. The summed E-state index contributed by atoms with van der Waals surface area (Å²) >= 11 is 5.81. The maximum absolute atomic E-state index is 11.7. The van der Waals surface area contributed by atoms with Gasteiger partial charge in [-0.25, -0.2) is 4.98 Å². The van der Waals surface area contributed by atoms with E-state index in [1.807, 2.05) is 22.8 Å². The van der Waals surface area contributed by atoms with Crippen molar-refractivity contribution in [2.24, 2.45) is 0 Å². The van der Waals surface area contributed by atoms with Gasteiger partial charge in [0, 0.05) is 12.3 Å². The first-order chi connectivity index (χ1) is 9.71. The summed E-state index contributed by atoms with van der Waals surface area (Å²) < 4.78 is 12.1. The number of carbonyl (C=O) groups excluding carboxylic acids is 1. The standard InChI is InChI=1S/C14H17ClN2O3/c1-3-20-13(18)9-17-10-5-4-6-11(19-2)14(10)16-12(17)7-8-15/h4-6H,3,7-9H2,1-2H3. The van der Waals surface area contributed by atoms with E-state index in [2.05, 4.69) is 4.98 Å². The SMILES string of the molecule is CCOC(=O)Cn1c(CCCl)nc2c(OC)cccc21. The Bertz CT molecular complexity index is 610. The molecular formula is C14H17ClN2O3. The first-order valence-corrected chi connectivity index (χ1v) is 6.98. The van der Waals surface area contributed by atoms with Crippen LogP contribution in [0.25, 0.3) is 11.0 Å². The van der Waals surface area contributed by atoms with Crippen molar-refractivity contribution in [1.29, 1.82) is 0 Å². The number of rotatable bonds is 6. The second-order valence-corrected chi connectivity index (χ2v) is 4.56. The largest absolute Gasteiger partial charge is 0.494 e. The van der Waals surface area contributed by atoms with E-state index in [9.17, 15) is 4.79 Å². The van der Waals surface area contributed by atoms with Crippen molar-refractivity contribution in [2.45, 2.75) is 19.9 Å². The van der Waals surface area contributed by atoms with Crippen molar-refractivity contribution in [3.8, 4) is 5.75 Å². The highest BCUT2D eigenvalue weighted by Gasteiger charge is 2.16. The molecule has 0 N–H and O–H groups in total. The maximum Gasteiger partial charge on any atom is 0.326 e. The lowest BCUT2D eigenvalue weighted by atomic mass is 10.3. The number of nitrogens with zero attached hydrogens (tertiary/aromatic N) is 2. The number of alkyl halides is 1. The molecule has 0 atom stereocenters. The summed E-state index contributed by atoms with van der Waals surface area (Å²) in [5.74, 6) is 1.59. The van der Waals surface area contributed by atoms with Crippen LogP contribution in [0.5, 0.6) is 5.75 Å². The van der Waals surface area contributed by atoms with Crippen LogP contribution in [0.15, 0.2) is 18.2 Å². The lowest BCUT2D eigenvalue weighted by molar-refractivity contribution is -0.143. The van der Waals surface area contributed by atoms with Gasteiger partial charge in [0.2, 0.25) is 0 Å². The highest BCUT2D eigenvalue weighted by Crippen LogP contribution is 2.26. The number of hydrogen-bond acceptors (Lipinski definition) is 4. The number of benzene rings is 1. The Morgan fingerprint density at radius 1 is 1.45 bits per heavy atom. The quantitative estimate of drug-likeness (QED) is 0.607. The maximum atomic E-state index is 11.7. The van der Waals surface area contributed by atoms with Crippen LogP contribution >= 0.6 is 11.6 Å². The van der Waals surface area contributed by atoms with Gasteiger partial charge in [-0.2, -0.15) is 0 Å². The van der Waals surface area contributed by atoms with Crippen LogP contribution in [-0.4, -0.2) is 35.1 Å². The minimum atomic E-state index is -0.287. The van der Waals surface area contributed by atoms with Gasteiger partial charge in [-0.3, -0.25) is 4.79 Å². The van der Waals surface area contributed by atoms with Crippen molar-refractivity contribution >= 4 is 28.6 Å². The molecule has 0 bridgehead atoms. The van der Waals surface area contributed by atoms with E-state index in [1.54, 1.807) is 14.0 Å². The number of para-hydroxylation sites is 1. The lowest BCUT2D eigenvalue weighted by Gasteiger charge is -2.08. The molecule has 1 heterocycles. The van der Waals surface area contributed by atoms with Crippen molar-refractivity contribution < 1.29 is 14.3 Å². The summed E-state index contributed by atoms with van der Waals surface area (Å²) in [4.78, 5) is 16.3. The molecule has 0 aliphatic carbocycles. The molecule has 1 aromatic carbocycles. The molecule has 108 valence electrons. The minimum absolute atomic E-state index is 0.129. The van der Waals surface area contributed by atoms with Crippen LogP contribution in [0, 0.1) is 0 Å². The zero-order valence-corrected chi connectivity index (χ0v) is 12.3. The molecule has 0 saturated carbocycles. The summed E-state index contributed by atoms with van der Waals surface area (Å²) in [6.07, 6.45) is 0.582. The Balaban J connectivity index is 2.48. The average Bonchev–Trinajstić information content (AvgIpc) is 2.77. The number of halogens is 1. The fourth-order valence-electron chi connectivity index (χ4n) is 2.12. The molecule has 20 heavy (non-hydrogen) atoms. The Labute approximate surface area is 122 Å². The highest BCUT2D eigenvalue weighted by atomic mass is 35.5. The molecule has 1 aromatic heterocycles. The van der Waals surface area contributed by atoms with E-state index in [1.165, 1.54) is 0 Å². The third kappa shape index (κ3) is 2.88. The van der Waals surface area contributed by atoms with Crippen LogP contribution in [0.3, 0.4) is 0 Å². The molecule has 2 aromatic rings. The number of imidazole rings is 1. The molecule has 0 radical (unpaired) electrons. The first-order valence-electron chi connectivity index (χ1n) is 6.45. The molecule has 0 amide bonds. The van der Waals surface area contributed by atoms with Gasteiger partial charge in [0.15, 0.2) is 0 Å². The van der Waals surface area contributed by atoms with E-state index in [4.69, 9.17) is 21.1 Å². The van der Waals surface area contributed by atoms with Crippen LogP contribution in [0.2, 0.25) is 0 Å². The topological polar surface area (TPSA) is 53.4 Å². The lowest BCUT2D eigenvalue weighted by Crippen LogP contribution is -2.15. The van der Waals surface area contributed by atoms with Crippen molar-refractivity contribution in [3.63, 3.8) is 0 Å². The van der Waals surface area contributed by atoms with Gasteiger partial charge in [0.1, 0.15) is 23.6 Å². The molecule has 2 rings (SSSR count). The average molecular weight is 297 g/mol. The summed E-state index contributed by atoms with van der Waals surface area (Å²) in [6, 6.07) is 5.62. The van der Waals surface area contributed by atoms with Gasteiger partial charge in [-0.05, 0) is 19.1 Å². The van der Waals surface area contributed by atoms with E-state index < -0.39 is 0 Å². The van der Waals surface area contributed by atoms with E-state index >= 15 is 0 Å². The van der Waals surface area contributed by atoms with Gasteiger partial charge in [0.05, 0.1) is 19.2 Å². The number of carbonyl (C=O) groups is 1. The third-order valence-electron chi connectivity index (χ3n) is 2.95. The van der Waals surface area contributed by atoms with Crippen LogP contribution in [0.1, 0.15) is 12.7 Å². The number of ether oxygens (including phenoxy) is 2. The zero-order valence-electron chi connectivity index (χ0n) is 11.6. The van der Waals surface area contributed by atoms with Crippen molar-refractivity contribution in [3.05, 3.63) is 24.0 Å². The van der Waals surface area contributed by atoms with Gasteiger partial charge < -0.3 is 14.0 Å². The summed E-state index contributed by atoms with van der Waals surface area (Å²) in [5, 5.41) is 0. The smallest absolute Gasteiger partial charge is 0.326 e. The number of aryl methyl sites for hydroxylation is 1. The molecule has 0 aliphatic rings. The van der Waals surface area contributed by atoms with Gasteiger partial charge >= 0.3 is 5.97 Å². The van der Waals surface area contributed by atoms with Crippen molar-refractivity contribution in [2.75, 3.05) is 19.6 Å². The fraction of sp³-hybridized carbons (Fsp3) is 0.429. The van der Waals surface area contributed by atoms with Gasteiger partial charge in [-0.1, -0.05) is 6.07 Å². The molecule has 0 spiro atoms. The van der Waals surface area contributed by atoms with Crippen LogP contribution < -0.4 is 4.74 Å². The Morgan fingerprint density at radius 2 is 2.25 bits per heavy atom.